The monoisotopic (exact) mass is 190 g/mol. The lowest BCUT2D eigenvalue weighted by Crippen LogP contribution is -1.99. The molecule has 0 aromatic heterocycles. The summed E-state index contributed by atoms with van der Waals surface area (Å²) >= 11 is 0. The number of esters is 1. The summed E-state index contributed by atoms with van der Waals surface area (Å²) in [5.74, 6) is -0.199. The van der Waals surface area contributed by atoms with Gasteiger partial charge in [0, 0.05) is 0 Å². The van der Waals surface area contributed by atoms with Gasteiger partial charge in [0.25, 0.3) is 0 Å². The molecular weight excluding hydrogens is 176 g/mol. The fraction of sp³-hybridized carbons (Fsp3) is 0.250. The zero-order chi connectivity index (χ0) is 10.4. The van der Waals surface area contributed by atoms with E-state index in [1.807, 2.05) is 43.3 Å². The number of benzene rings is 1. The summed E-state index contributed by atoms with van der Waals surface area (Å²) in [4.78, 5) is 10.9. The molecule has 1 aromatic rings. The summed E-state index contributed by atoms with van der Waals surface area (Å²) in [6.45, 7) is 1.92. The average molecular weight is 190 g/mol. The average Bonchev–Trinajstić information content (AvgIpc) is 2.19. The minimum atomic E-state index is -0.199. The maximum atomic E-state index is 10.9. The molecule has 0 unspecified atom stereocenters. The van der Waals surface area contributed by atoms with E-state index in [0.717, 1.165) is 11.1 Å². The van der Waals surface area contributed by atoms with E-state index in [1.54, 1.807) is 0 Å². The first-order chi connectivity index (χ1) is 6.72. The van der Waals surface area contributed by atoms with Crippen LogP contribution >= 0.6 is 0 Å². The molecule has 0 heterocycles. The molecule has 0 spiro atoms. The van der Waals surface area contributed by atoms with Crippen LogP contribution in [-0.2, 0) is 9.53 Å². The second-order valence-electron chi connectivity index (χ2n) is 3.15. The Morgan fingerprint density at radius 1 is 1.36 bits per heavy atom. The zero-order valence-electron chi connectivity index (χ0n) is 8.49. The first kappa shape index (κ1) is 10.5. The van der Waals surface area contributed by atoms with Crippen LogP contribution in [0.4, 0.5) is 0 Å². The second-order valence-corrected chi connectivity index (χ2v) is 3.15. The van der Waals surface area contributed by atoms with E-state index in [2.05, 4.69) is 4.74 Å². The van der Waals surface area contributed by atoms with Crippen LogP contribution in [0.1, 0.15) is 18.9 Å². The number of hydrogen-bond donors (Lipinski definition) is 0. The molecule has 0 radical (unpaired) electrons. The zero-order valence-corrected chi connectivity index (χ0v) is 8.49. The highest BCUT2D eigenvalue weighted by Gasteiger charge is 2.00. The first-order valence-electron chi connectivity index (χ1n) is 4.51. The van der Waals surface area contributed by atoms with Gasteiger partial charge in [0.05, 0.1) is 13.5 Å². The van der Waals surface area contributed by atoms with Crippen molar-refractivity contribution < 1.29 is 9.53 Å². The van der Waals surface area contributed by atoms with Crippen molar-refractivity contribution in [3.8, 4) is 0 Å². The molecule has 0 saturated carbocycles. The van der Waals surface area contributed by atoms with Gasteiger partial charge in [0.1, 0.15) is 0 Å². The maximum absolute atomic E-state index is 10.9. The Morgan fingerprint density at radius 2 is 2.00 bits per heavy atom. The Kier molecular flexibility index (Phi) is 3.92. The number of hydrogen-bond acceptors (Lipinski definition) is 2. The third kappa shape index (κ3) is 3.44. The summed E-state index contributed by atoms with van der Waals surface area (Å²) < 4.78 is 4.58. The molecular formula is C12H14O2. The minimum absolute atomic E-state index is 0.199. The molecule has 14 heavy (non-hydrogen) atoms. The van der Waals surface area contributed by atoms with Gasteiger partial charge in [0.15, 0.2) is 0 Å². The fourth-order valence-electron chi connectivity index (χ4n) is 1.18. The molecule has 0 saturated heterocycles. The van der Waals surface area contributed by atoms with Crippen LogP contribution in [0.25, 0.3) is 6.08 Å². The Balaban J connectivity index is 2.65. The smallest absolute Gasteiger partial charge is 0.309 e. The highest BCUT2D eigenvalue weighted by Crippen LogP contribution is 2.09. The third-order valence-corrected chi connectivity index (χ3v) is 1.86. The van der Waals surface area contributed by atoms with E-state index >= 15 is 0 Å². The lowest BCUT2D eigenvalue weighted by molar-refractivity contribution is -0.139. The van der Waals surface area contributed by atoms with Crippen molar-refractivity contribution >= 4 is 12.0 Å². The van der Waals surface area contributed by atoms with Gasteiger partial charge in [-0.3, -0.25) is 4.79 Å². The van der Waals surface area contributed by atoms with E-state index in [0.29, 0.717) is 6.42 Å². The van der Waals surface area contributed by atoms with Crippen molar-refractivity contribution in [2.45, 2.75) is 13.3 Å². The Bertz CT molecular complexity index is 325. The van der Waals surface area contributed by atoms with Crippen LogP contribution in [0.3, 0.4) is 0 Å². The number of carbonyl (C=O) groups is 1. The van der Waals surface area contributed by atoms with Gasteiger partial charge in [-0.15, -0.1) is 0 Å². The van der Waals surface area contributed by atoms with Gasteiger partial charge in [-0.25, -0.2) is 0 Å². The summed E-state index contributed by atoms with van der Waals surface area (Å²) in [6, 6.07) is 9.91. The number of carbonyl (C=O) groups excluding carboxylic acids is 1. The fourth-order valence-corrected chi connectivity index (χ4v) is 1.18. The Labute approximate surface area is 84.2 Å². The minimum Gasteiger partial charge on any atom is -0.469 e. The van der Waals surface area contributed by atoms with Crippen molar-refractivity contribution in [3.05, 3.63) is 41.5 Å². The highest BCUT2D eigenvalue weighted by atomic mass is 16.5. The molecule has 0 aliphatic rings. The van der Waals surface area contributed by atoms with E-state index in [-0.39, 0.29) is 5.97 Å². The summed E-state index contributed by atoms with van der Waals surface area (Å²) in [6.07, 6.45) is 2.34. The number of methoxy groups -OCH3 is 1. The molecule has 0 aliphatic carbocycles. The maximum Gasteiger partial charge on any atom is 0.309 e. The lowest BCUT2D eigenvalue weighted by Gasteiger charge is -1.99. The summed E-state index contributed by atoms with van der Waals surface area (Å²) in [5, 5.41) is 0. The topological polar surface area (TPSA) is 26.3 Å². The summed E-state index contributed by atoms with van der Waals surface area (Å²) in [5.41, 5.74) is 2.11. The molecule has 1 aromatic carbocycles. The van der Waals surface area contributed by atoms with Gasteiger partial charge < -0.3 is 4.74 Å². The molecule has 0 N–H and O–H groups in total. The van der Waals surface area contributed by atoms with E-state index in [9.17, 15) is 4.79 Å². The molecule has 2 heteroatoms. The molecule has 0 amide bonds. The number of ether oxygens (including phenoxy) is 1. The molecule has 0 bridgehead atoms. The van der Waals surface area contributed by atoms with Crippen LogP contribution in [-0.4, -0.2) is 13.1 Å². The van der Waals surface area contributed by atoms with Gasteiger partial charge in [0.2, 0.25) is 0 Å². The molecule has 1 rings (SSSR count). The Hall–Kier alpha value is -1.57. The SMILES string of the molecule is COC(=O)C/C(C)=C/c1ccccc1. The molecule has 0 fully saturated rings. The van der Waals surface area contributed by atoms with Crippen molar-refractivity contribution in [2.24, 2.45) is 0 Å². The molecule has 0 atom stereocenters. The first-order valence-corrected chi connectivity index (χ1v) is 4.51. The quantitative estimate of drug-likeness (QED) is 0.685. The molecule has 2 nitrogen and oxygen atoms in total. The van der Waals surface area contributed by atoms with Crippen LogP contribution in [0.5, 0.6) is 0 Å². The third-order valence-electron chi connectivity index (χ3n) is 1.86. The molecule has 74 valence electrons. The Morgan fingerprint density at radius 3 is 2.57 bits per heavy atom. The van der Waals surface area contributed by atoms with Crippen LogP contribution in [0, 0.1) is 0 Å². The van der Waals surface area contributed by atoms with Gasteiger partial charge in [-0.05, 0) is 12.5 Å². The standard InChI is InChI=1S/C12H14O2/c1-10(9-12(13)14-2)8-11-6-4-3-5-7-11/h3-8H,9H2,1-2H3/b10-8+. The lowest BCUT2D eigenvalue weighted by atomic mass is 10.1. The highest BCUT2D eigenvalue weighted by molar-refractivity contribution is 5.74. The van der Waals surface area contributed by atoms with Crippen molar-refractivity contribution in [1.82, 2.24) is 0 Å². The van der Waals surface area contributed by atoms with E-state index in [1.165, 1.54) is 7.11 Å². The molecule has 0 aliphatic heterocycles. The summed E-state index contributed by atoms with van der Waals surface area (Å²) in [7, 11) is 1.40. The van der Waals surface area contributed by atoms with Gasteiger partial charge in [-0.2, -0.15) is 0 Å². The van der Waals surface area contributed by atoms with Gasteiger partial charge >= 0.3 is 5.97 Å². The normalized spacial score (nSPS) is 11.1. The predicted molar refractivity (Wildman–Crippen MR) is 56.7 cm³/mol. The van der Waals surface area contributed by atoms with Crippen molar-refractivity contribution in [3.63, 3.8) is 0 Å². The van der Waals surface area contributed by atoms with Crippen LogP contribution in [0.15, 0.2) is 35.9 Å². The van der Waals surface area contributed by atoms with Crippen LogP contribution < -0.4 is 0 Å². The second kappa shape index (κ2) is 5.22. The van der Waals surface area contributed by atoms with E-state index in [4.69, 9.17) is 0 Å². The van der Waals surface area contributed by atoms with Crippen molar-refractivity contribution in [1.29, 1.82) is 0 Å². The van der Waals surface area contributed by atoms with Crippen molar-refractivity contribution in [2.75, 3.05) is 7.11 Å². The van der Waals surface area contributed by atoms with E-state index < -0.39 is 0 Å². The van der Waals surface area contributed by atoms with Crippen LogP contribution in [0.2, 0.25) is 0 Å². The van der Waals surface area contributed by atoms with Gasteiger partial charge in [-0.1, -0.05) is 42.0 Å². The largest absolute Gasteiger partial charge is 0.469 e. The predicted octanol–water partition coefficient (Wildman–Crippen LogP) is 2.65. The number of rotatable bonds is 3.